The smallest absolute Gasteiger partial charge is 0.243 e. The fraction of sp³-hybridized carbons (Fsp3) is 0.526. The average Bonchev–Trinajstić information content (AvgIpc) is 2.55. The van der Waals surface area contributed by atoms with E-state index in [1.807, 2.05) is 52.0 Å². The number of likely N-dealkylation sites (N-methyl/N-ethyl adjacent to an activating group) is 2. The number of nitrogens with one attached hydrogen (secondary N) is 2. The molecule has 0 atom stereocenters. The van der Waals surface area contributed by atoms with Crippen LogP contribution in [0.15, 0.2) is 24.3 Å². The van der Waals surface area contributed by atoms with Gasteiger partial charge in [-0.2, -0.15) is 0 Å². The topological polar surface area (TPSA) is 81.8 Å². The van der Waals surface area contributed by atoms with Crippen LogP contribution in [0.2, 0.25) is 0 Å². The number of amides is 3. The van der Waals surface area contributed by atoms with Crippen LogP contribution in [0.5, 0.6) is 0 Å². The van der Waals surface area contributed by atoms with Crippen molar-refractivity contribution in [2.75, 3.05) is 38.5 Å². The third kappa shape index (κ3) is 8.11. The van der Waals surface area contributed by atoms with Crippen LogP contribution in [0.25, 0.3) is 0 Å². The van der Waals surface area contributed by atoms with E-state index in [0.29, 0.717) is 12.2 Å². The van der Waals surface area contributed by atoms with Crippen LogP contribution < -0.4 is 10.6 Å². The third-order valence-electron chi connectivity index (χ3n) is 3.76. The Morgan fingerprint density at radius 2 is 1.62 bits per heavy atom. The van der Waals surface area contributed by atoms with Gasteiger partial charge in [0.25, 0.3) is 0 Å². The predicted molar refractivity (Wildman–Crippen MR) is 103 cm³/mol. The van der Waals surface area contributed by atoms with E-state index in [-0.39, 0.29) is 43.4 Å². The molecule has 1 aromatic rings. The molecule has 0 aliphatic heterocycles. The summed E-state index contributed by atoms with van der Waals surface area (Å²) < 4.78 is 0. The predicted octanol–water partition coefficient (Wildman–Crippen LogP) is 1.24. The van der Waals surface area contributed by atoms with Gasteiger partial charge in [-0.15, -0.1) is 0 Å². The lowest BCUT2D eigenvalue weighted by molar-refractivity contribution is -0.135. The summed E-state index contributed by atoms with van der Waals surface area (Å²) in [4.78, 5) is 39.4. The highest BCUT2D eigenvalue weighted by Crippen LogP contribution is 2.08. The summed E-state index contributed by atoms with van der Waals surface area (Å²) >= 11 is 0. The van der Waals surface area contributed by atoms with Gasteiger partial charge in [-0.1, -0.05) is 24.6 Å². The van der Waals surface area contributed by atoms with Crippen LogP contribution in [0.1, 0.15) is 26.3 Å². The Balaban J connectivity index is 2.48. The van der Waals surface area contributed by atoms with Crippen LogP contribution >= 0.6 is 0 Å². The first kappa shape index (κ1) is 21.6. The standard InChI is InChI=1S/C19H30N4O3/c1-6-23(12-18(25)20-14(2)3)13-19(26)22(5)11-17(24)21-16-9-7-15(4)8-10-16/h7-10,14H,6,11-13H2,1-5H3,(H,20,25)(H,21,24). The Morgan fingerprint density at radius 3 is 2.15 bits per heavy atom. The highest BCUT2D eigenvalue weighted by molar-refractivity contribution is 5.94. The van der Waals surface area contributed by atoms with Crippen molar-refractivity contribution in [3.63, 3.8) is 0 Å². The van der Waals surface area contributed by atoms with Gasteiger partial charge >= 0.3 is 0 Å². The fourth-order valence-electron chi connectivity index (χ4n) is 2.30. The molecular weight excluding hydrogens is 332 g/mol. The highest BCUT2D eigenvalue weighted by Gasteiger charge is 2.18. The average molecular weight is 362 g/mol. The largest absolute Gasteiger partial charge is 0.353 e. The summed E-state index contributed by atoms with van der Waals surface area (Å²) in [6.45, 7) is 8.42. The second-order valence-corrected chi connectivity index (χ2v) is 6.69. The summed E-state index contributed by atoms with van der Waals surface area (Å²) in [5, 5.41) is 5.57. The molecule has 0 fully saturated rings. The Bertz CT molecular complexity index is 614. The molecule has 0 radical (unpaired) electrons. The molecule has 0 aliphatic rings. The van der Waals surface area contributed by atoms with Gasteiger partial charge in [-0.25, -0.2) is 0 Å². The molecule has 0 saturated heterocycles. The van der Waals surface area contributed by atoms with Crippen LogP contribution in [0.3, 0.4) is 0 Å². The maximum Gasteiger partial charge on any atom is 0.243 e. The SMILES string of the molecule is CCN(CC(=O)NC(C)C)CC(=O)N(C)CC(=O)Nc1ccc(C)cc1. The van der Waals surface area contributed by atoms with Gasteiger partial charge < -0.3 is 15.5 Å². The van der Waals surface area contributed by atoms with Crippen LogP contribution in [-0.4, -0.2) is 66.8 Å². The van der Waals surface area contributed by atoms with Gasteiger partial charge in [0.05, 0.1) is 19.6 Å². The molecule has 0 heterocycles. The quantitative estimate of drug-likeness (QED) is 0.692. The molecule has 1 rings (SSSR count). The van der Waals surface area contributed by atoms with Gasteiger partial charge in [-0.3, -0.25) is 19.3 Å². The number of rotatable bonds is 9. The van der Waals surface area contributed by atoms with E-state index in [2.05, 4.69) is 10.6 Å². The van der Waals surface area contributed by atoms with Crippen LogP contribution in [-0.2, 0) is 14.4 Å². The molecule has 0 unspecified atom stereocenters. The van der Waals surface area contributed by atoms with Gasteiger partial charge in [0, 0.05) is 18.8 Å². The monoisotopic (exact) mass is 362 g/mol. The first-order valence-electron chi connectivity index (χ1n) is 8.83. The molecule has 1 aromatic carbocycles. The molecule has 7 nitrogen and oxygen atoms in total. The van der Waals surface area contributed by atoms with Crippen molar-refractivity contribution in [3.8, 4) is 0 Å². The number of benzene rings is 1. The summed E-state index contributed by atoms with van der Waals surface area (Å²) in [6.07, 6.45) is 0. The van der Waals surface area contributed by atoms with Crippen LogP contribution in [0.4, 0.5) is 5.69 Å². The van der Waals surface area contributed by atoms with Gasteiger partial charge in [0.15, 0.2) is 0 Å². The summed E-state index contributed by atoms with van der Waals surface area (Å²) in [7, 11) is 1.58. The highest BCUT2D eigenvalue weighted by atomic mass is 16.2. The first-order chi connectivity index (χ1) is 12.2. The second kappa shape index (κ2) is 10.6. The molecule has 0 aliphatic carbocycles. The van der Waals surface area contributed by atoms with E-state index in [1.54, 1.807) is 11.9 Å². The second-order valence-electron chi connectivity index (χ2n) is 6.69. The lowest BCUT2D eigenvalue weighted by Crippen LogP contribution is -2.45. The first-order valence-corrected chi connectivity index (χ1v) is 8.83. The lowest BCUT2D eigenvalue weighted by atomic mass is 10.2. The van der Waals surface area contributed by atoms with Crippen molar-refractivity contribution in [3.05, 3.63) is 29.8 Å². The van der Waals surface area contributed by atoms with Crippen molar-refractivity contribution in [1.29, 1.82) is 0 Å². The molecule has 3 amide bonds. The lowest BCUT2D eigenvalue weighted by Gasteiger charge is -2.23. The number of nitrogens with zero attached hydrogens (tertiary/aromatic N) is 2. The number of hydrogen-bond acceptors (Lipinski definition) is 4. The minimum atomic E-state index is -0.259. The number of hydrogen-bond donors (Lipinski definition) is 2. The van der Waals surface area contributed by atoms with Gasteiger partial charge in [0.2, 0.25) is 17.7 Å². The molecule has 26 heavy (non-hydrogen) atoms. The molecule has 0 saturated carbocycles. The molecule has 144 valence electrons. The zero-order valence-electron chi connectivity index (χ0n) is 16.3. The maximum atomic E-state index is 12.3. The molecular formula is C19H30N4O3. The van der Waals surface area contributed by atoms with Gasteiger partial charge in [-0.05, 0) is 39.4 Å². The fourth-order valence-corrected chi connectivity index (χ4v) is 2.30. The molecule has 0 bridgehead atoms. The summed E-state index contributed by atoms with van der Waals surface area (Å²) in [5.41, 5.74) is 1.80. The number of aryl methyl sites for hydroxylation is 1. The Labute approximate surface area is 155 Å². The van der Waals surface area contributed by atoms with Crippen molar-refractivity contribution in [1.82, 2.24) is 15.1 Å². The Kier molecular flexibility index (Phi) is 8.78. The summed E-state index contributed by atoms with van der Waals surface area (Å²) in [6, 6.07) is 7.52. The number of carbonyl (C=O) groups excluding carboxylic acids is 3. The third-order valence-corrected chi connectivity index (χ3v) is 3.76. The Hall–Kier alpha value is -2.41. The van der Waals surface area contributed by atoms with E-state index < -0.39 is 0 Å². The normalized spacial score (nSPS) is 10.7. The van der Waals surface area contributed by atoms with E-state index in [4.69, 9.17) is 0 Å². The van der Waals surface area contributed by atoms with E-state index in [1.165, 1.54) is 4.90 Å². The molecule has 0 aromatic heterocycles. The number of carbonyl (C=O) groups is 3. The summed E-state index contributed by atoms with van der Waals surface area (Å²) in [5.74, 6) is -0.581. The van der Waals surface area contributed by atoms with Crippen LogP contribution in [0, 0.1) is 6.92 Å². The van der Waals surface area contributed by atoms with E-state index >= 15 is 0 Å². The van der Waals surface area contributed by atoms with Crippen molar-refractivity contribution >= 4 is 23.4 Å². The van der Waals surface area contributed by atoms with E-state index in [0.717, 1.165) is 5.56 Å². The minimum Gasteiger partial charge on any atom is -0.353 e. The maximum absolute atomic E-state index is 12.3. The molecule has 0 spiro atoms. The number of anilines is 1. The van der Waals surface area contributed by atoms with Crippen molar-refractivity contribution in [2.24, 2.45) is 0 Å². The van der Waals surface area contributed by atoms with Crippen molar-refractivity contribution in [2.45, 2.75) is 33.7 Å². The minimum absolute atomic E-state index is 0.0392. The molecule has 2 N–H and O–H groups in total. The zero-order valence-corrected chi connectivity index (χ0v) is 16.3. The zero-order chi connectivity index (χ0) is 19.7. The molecule has 7 heteroatoms. The van der Waals surface area contributed by atoms with E-state index in [9.17, 15) is 14.4 Å². The van der Waals surface area contributed by atoms with Crippen molar-refractivity contribution < 1.29 is 14.4 Å². The Morgan fingerprint density at radius 1 is 1.00 bits per heavy atom. The van der Waals surface area contributed by atoms with Gasteiger partial charge in [0.1, 0.15) is 0 Å².